The van der Waals surface area contributed by atoms with Gasteiger partial charge in [0.1, 0.15) is 5.75 Å². The first-order valence-electron chi connectivity index (χ1n) is 10.1. The van der Waals surface area contributed by atoms with Crippen molar-refractivity contribution in [3.63, 3.8) is 0 Å². The minimum atomic E-state index is -3.51. The molecule has 1 unspecified atom stereocenters. The molecule has 31 heavy (non-hydrogen) atoms. The largest absolute Gasteiger partial charge is 0.497 e. The molecule has 2 aromatic rings. The minimum Gasteiger partial charge on any atom is -0.497 e. The van der Waals surface area contributed by atoms with Gasteiger partial charge in [0.25, 0.3) is 0 Å². The van der Waals surface area contributed by atoms with Crippen LogP contribution in [0.5, 0.6) is 5.75 Å². The molecular weight excluding hydrogens is 527 g/mol. The number of ether oxygens (including phenoxy) is 1. The Bertz CT molecular complexity index is 963. The summed E-state index contributed by atoms with van der Waals surface area (Å²) >= 11 is 0. The van der Waals surface area contributed by atoms with Crippen molar-refractivity contribution < 1.29 is 13.2 Å². The second kappa shape index (κ2) is 11.7. The monoisotopic (exact) mass is 558 g/mol. The van der Waals surface area contributed by atoms with E-state index in [-0.39, 0.29) is 35.4 Å². The van der Waals surface area contributed by atoms with Gasteiger partial charge < -0.3 is 15.0 Å². The van der Waals surface area contributed by atoms with Crippen molar-refractivity contribution in [2.24, 2.45) is 4.99 Å². The molecule has 1 aliphatic rings. The second-order valence-electron chi connectivity index (χ2n) is 7.39. The fourth-order valence-corrected chi connectivity index (χ4v) is 4.63. The number of benzene rings is 2. The molecule has 0 bridgehead atoms. The molecule has 1 atom stereocenters. The number of aliphatic imine (C=N–C) groups is 1. The summed E-state index contributed by atoms with van der Waals surface area (Å²) in [7, 11) is -0.0860. The number of nitrogens with one attached hydrogen (secondary N) is 2. The quantitative estimate of drug-likeness (QED) is 0.237. The maximum Gasteiger partial charge on any atom is 0.240 e. The Morgan fingerprint density at radius 2 is 1.81 bits per heavy atom. The first-order valence-corrected chi connectivity index (χ1v) is 11.6. The van der Waals surface area contributed by atoms with Crippen LogP contribution >= 0.6 is 24.0 Å². The molecule has 0 saturated carbocycles. The van der Waals surface area contributed by atoms with E-state index in [4.69, 9.17) is 4.74 Å². The zero-order valence-corrected chi connectivity index (χ0v) is 21.3. The molecule has 1 saturated heterocycles. The number of nitrogens with zero attached hydrogens (tertiary/aromatic N) is 2. The summed E-state index contributed by atoms with van der Waals surface area (Å²) in [5, 5.41) is 3.26. The summed E-state index contributed by atoms with van der Waals surface area (Å²) in [5.41, 5.74) is 2.32. The molecular formula is C22H31IN4O3S. The number of hydrogen-bond acceptors (Lipinski definition) is 4. The van der Waals surface area contributed by atoms with E-state index in [0.717, 1.165) is 36.8 Å². The highest BCUT2D eigenvalue weighted by Gasteiger charge is 2.26. The lowest BCUT2D eigenvalue weighted by molar-refractivity contribution is 0.414. The number of methoxy groups -OCH3 is 1. The molecule has 1 fully saturated rings. The highest BCUT2D eigenvalue weighted by Crippen LogP contribution is 2.28. The van der Waals surface area contributed by atoms with Crippen molar-refractivity contribution in [3.8, 4) is 5.75 Å². The van der Waals surface area contributed by atoms with Gasteiger partial charge in [0, 0.05) is 39.1 Å². The maximum atomic E-state index is 12.4. The van der Waals surface area contributed by atoms with Crippen molar-refractivity contribution in [2.75, 3.05) is 40.3 Å². The minimum absolute atomic E-state index is 0. The van der Waals surface area contributed by atoms with Crippen molar-refractivity contribution in [1.82, 2.24) is 14.9 Å². The Balaban J connectivity index is 0.00000341. The van der Waals surface area contributed by atoms with Crippen LogP contribution in [0.4, 0.5) is 0 Å². The lowest BCUT2D eigenvalue weighted by Gasteiger charge is -2.22. The molecule has 3 rings (SSSR count). The first kappa shape index (κ1) is 25.4. The first-order chi connectivity index (χ1) is 14.4. The molecule has 0 radical (unpaired) electrons. The third-order valence-corrected chi connectivity index (χ3v) is 6.80. The van der Waals surface area contributed by atoms with Crippen LogP contribution in [0.1, 0.15) is 23.5 Å². The van der Waals surface area contributed by atoms with Crippen LogP contribution < -0.4 is 14.8 Å². The van der Waals surface area contributed by atoms with E-state index in [1.54, 1.807) is 38.4 Å². The summed E-state index contributed by atoms with van der Waals surface area (Å²) in [6.07, 6.45) is 1.05. The summed E-state index contributed by atoms with van der Waals surface area (Å²) in [6.45, 7) is 4.45. The fraction of sp³-hybridized carbons (Fsp3) is 0.409. The van der Waals surface area contributed by atoms with Crippen LogP contribution in [-0.4, -0.2) is 59.6 Å². The van der Waals surface area contributed by atoms with E-state index in [1.807, 2.05) is 19.1 Å². The van der Waals surface area contributed by atoms with Crippen LogP contribution in [0.15, 0.2) is 58.4 Å². The highest BCUT2D eigenvalue weighted by atomic mass is 127. The predicted molar refractivity (Wildman–Crippen MR) is 135 cm³/mol. The van der Waals surface area contributed by atoms with E-state index in [0.29, 0.717) is 12.5 Å². The fourth-order valence-electron chi connectivity index (χ4n) is 3.59. The number of halogens is 1. The number of sulfonamides is 1. The molecule has 2 aromatic carbocycles. The second-order valence-corrected chi connectivity index (χ2v) is 9.16. The molecule has 0 amide bonds. The van der Waals surface area contributed by atoms with Crippen LogP contribution in [0.25, 0.3) is 0 Å². The van der Waals surface area contributed by atoms with E-state index in [9.17, 15) is 8.42 Å². The van der Waals surface area contributed by atoms with Gasteiger partial charge in [-0.3, -0.25) is 4.99 Å². The van der Waals surface area contributed by atoms with E-state index in [2.05, 4.69) is 32.1 Å². The Hall–Kier alpha value is -1.85. The van der Waals surface area contributed by atoms with E-state index < -0.39 is 10.0 Å². The number of guanidine groups is 1. The number of hydrogen-bond donors (Lipinski definition) is 2. The van der Waals surface area contributed by atoms with Crippen LogP contribution in [0.3, 0.4) is 0 Å². The number of likely N-dealkylation sites (tertiary alicyclic amines) is 1. The van der Waals surface area contributed by atoms with Gasteiger partial charge in [0.15, 0.2) is 5.96 Å². The molecule has 1 aliphatic heterocycles. The molecule has 0 aliphatic carbocycles. The van der Waals surface area contributed by atoms with Crippen LogP contribution in [-0.2, 0) is 10.0 Å². The summed E-state index contributed by atoms with van der Waals surface area (Å²) < 4.78 is 32.6. The Kier molecular flexibility index (Phi) is 9.57. The van der Waals surface area contributed by atoms with Crippen molar-refractivity contribution >= 4 is 40.0 Å². The molecule has 0 aromatic heterocycles. The summed E-state index contributed by atoms with van der Waals surface area (Å²) in [6, 6.07) is 15.0. The summed E-state index contributed by atoms with van der Waals surface area (Å²) in [5.74, 6) is 2.09. The van der Waals surface area contributed by atoms with Gasteiger partial charge in [-0.05, 0) is 43.2 Å². The smallest absolute Gasteiger partial charge is 0.240 e. The predicted octanol–water partition coefficient (Wildman–Crippen LogP) is 2.96. The molecule has 1 heterocycles. The molecule has 9 heteroatoms. The molecule has 7 nitrogen and oxygen atoms in total. The highest BCUT2D eigenvalue weighted by molar-refractivity contribution is 14.0. The maximum absolute atomic E-state index is 12.4. The van der Waals surface area contributed by atoms with Crippen LogP contribution in [0.2, 0.25) is 0 Å². The third kappa shape index (κ3) is 6.81. The topological polar surface area (TPSA) is 83.0 Å². The van der Waals surface area contributed by atoms with Crippen molar-refractivity contribution in [1.29, 1.82) is 0 Å². The average Bonchev–Trinajstić information content (AvgIpc) is 3.24. The lowest BCUT2D eigenvalue weighted by atomic mass is 9.98. The van der Waals surface area contributed by atoms with Gasteiger partial charge in [-0.15, -0.1) is 24.0 Å². The number of rotatable bonds is 7. The van der Waals surface area contributed by atoms with Gasteiger partial charge in [-0.25, -0.2) is 13.1 Å². The zero-order valence-electron chi connectivity index (χ0n) is 18.2. The Morgan fingerprint density at radius 1 is 1.13 bits per heavy atom. The van der Waals surface area contributed by atoms with Gasteiger partial charge in [0.2, 0.25) is 10.0 Å². The normalized spacial score (nSPS) is 16.7. The van der Waals surface area contributed by atoms with Gasteiger partial charge in [0.05, 0.1) is 12.0 Å². The zero-order chi connectivity index (χ0) is 21.6. The summed E-state index contributed by atoms with van der Waals surface area (Å²) in [4.78, 5) is 6.85. The van der Waals surface area contributed by atoms with Crippen molar-refractivity contribution in [3.05, 3.63) is 59.7 Å². The average molecular weight is 558 g/mol. The molecule has 2 N–H and O–H groups in total. The lowest BCUT2D eigenvalue weighted by Crippen LogP contribution is -2.43. The van der Waals surface area contributed by atoms with Crippen LogP contribution in [0, 0.1) is 6.92 Å². The standard InChI is InChI=1S/C22H30N4O3S.HI/c1-17-4-10-21(11-5-17)30(27,28)25-14-13-24-22(23-2)26-15-12-19(16-26)18-6-8-20(29-3)9-7-18;/h4-11,19,25H,12-16H2,1-3H3,(H,23,24);1H. The van der Waals surface area contributed by atoms with Gasteiger partial charge >= 0.3 is 0 Å². The molecule has 170 valence electrons. The van der Waals surface area contributed by atoms with Gasteiger partial charge in [-0.2, -0.15) is 0 Å². The van der Waals surface area contributed by atoms with E-state index in [1.165, 1.54) is 5.56 Å². The van der Waals surface area contributed by atoms with Crippen molar-refractivity contribution in [2.45, 2.75) is 24.2 Å². The SMILES string of the molecule is CN=C(NCCNS(=O)(=O)c1ccc(C)cc1)N1CCC(c2ccc(OC)cc2)C1.I. The Morgan fingerprint density at radius 3 is 2.42 bits per heavy atom. The third-order valence-electron chi connectivity index (χ3n) is 5.32. The molecule has 0 spiro atoms. The number of aryl methyl sites for hydroxylation is 1. The Labute approximate surface area is 202 Å². The van der Waals surface area contributed by atoms with Gasteiger partial charge in [-0.1, -0.05) is 29.8 Å². The van der Waals surface area contributed by atoms with E-state index >= 15 is 0 Å².